The quantitative estimate of drug-likeness (QED) is 0.110. The van der Waals surface area contributed by atoms with E-state index < -0.39 is 65.2 Å². The lowest BCUT2D eigenvalue weighted by Gasteiger charge is -2.23. The minimum atomic E-state index is -4.60. The van der Waals surface area contributed by atoms with Crippen LogP contribution in [-0.4, -0.2) is 45.2 Å². The lowest BCUT2D eigenvalue weighted by Crippen LogP contribution is -2.43. The first-order valence-corrected chi connectivity index (χ1v) is 17.1. The minimum Gasteiger partial charge on any atom is -0.480 e. The summed E-state index contributed by atoms with van der Waals surface area (Å²) < 4.78 is 101. The lowest BCUT2D eigenvalue weighted by atomic mass is 9.88. The van der Waals surface area contributed by atoms with Gasteiger partial charge >= 0.3 is 12.1 Å². The van der Waals surface area contributed by atoms with Crippen molar-refractivity contribution in [2.24, 2.45) is 0 Å². The maximum absolute atomic E-state index is 15.6. The van der Waals surface area contributed by atoms with E-state index in [2.05, 4.69) is 20.6 Å². The van der Waals surface area contributed by atoms with Crippen LogP contribution in [0.25, 0.3) is 32.9 Å². The van der Waals surface area contributed by atoms with Crippen molar-refractivity contribution >= 4 is 39.4 Å². The molecule has 282 valence electrons. The summed E-state index contributed by atoms with van der Waals surface area (Å²) in [4.78, 5) is 34.3. The molecule has 0 spiro atoms. The van der Waals surface area contributed by atoms with Crippen LogP contribution in [0.15, 0.2) is 67.0 Å². The van der Waals surface area contributed by atoms with Crippen molar-refractivity contribution in [1.29, 1.82) is 0 Å². The van der Waals surface area contributed by atoms with Gasteiger partial charge < -0.3 is 15.7 Å². The van der Waals surface area contributed by atoms with Gasteiger partial charge in [-0.1, -0.05) is 52.3 Å². The smallest absolute Gasteiger partial charge is 0.408 e. The summed E-state index contributed by atoms with van der Waals surface area (Å²) in [5.41, 5.74) is -0.700. The second-order valence-electron chi connectivity index (χ2n) is 12.2. The molecule has 2 atom stereocenters. The Morgan fingerprint density at radius 3 is 2.09 bits per heavy atom. The van der Waals surface area contributed by atoms with Crippen molar-refractivity contribution in [1.82, 2.24) is 15.3 Å². The molecule has 3 aromatic carbocycles. The molecule has 0 saturated heterocycles. The third kappa shape index (κ3) is 8.69. The molecule has 0 radical (unpaired) electrons. The normalized spacial score (nSPS) is 12.9. The van der Waals surface area contributed by atoms with Crippen LogP contribution in [0.4, 0.5) is 36.4 Å². The second-order valence-corrected chi connectivity index (χ2v) is 12.2. The van der Waals surface area contributed by atoms with Crippen LogP contribution in [0.5, 0.6) is 0 Å². The van der Waals surface area contributed by atoms with Crippen molar-refractivity contribution in [3.63, 3.8) is 0 Å². The van der Waals surface area contributed by atoms with Crippen molar-refractivity contribution < 1.29 is 45.4 Å². The first kappa shape index (κ1) is 40.5. The molecule has 0 aliphatic heterocycles. The summed E-state index contributed by atoms with van der Waals surface area (Å²) >= 11 is 0. The highest BCUT2D eigenvalue weighted by Crippen LogP contribution is 2.45. The topological polar surface area (TPSA) is 104 Å². The van der Waals surface area contributed by atoms with Crippen LogP contribution < -0.4 is 10.6 Å². The number of nitrogens with zero attached hydrogens (tertiary/aromatic N) is 2. The summed E-state index contributed by atoms with van der Waals surface area (Å²) in [6.07, 6.45) is -2.97. The van der Waals surface area contributed by atoms with Gasteiger partial charge in [-0.05, 0) is 60.9 Å². The Kier molecular flexibility index (Phi) is 12.7. The summed E-state index contributed by atoms with van der Waals surface area (Å²) in [6, 6.07) is 8.09. The van der Waals surface area contributed by atoms with Gasteiger partial charge in [-0.25, -0.2) is 22.4 Å². The van der Waals surface area contributed by atoms with Crippen LogP contribution in [0.2, 0.25) is 0 Å². The van der Waals surface area contributed by atoms with Crippen molar-refractivity contribution in [2.45, 2.75) is 84.5 Å². The number of carboxylic acid groups (broad SMARTS) is 1. The van der Waals surface area contributed by atoms with E-state index in [4.69, 9.17) is 0 Å². The van der Waals surface area contributed by atoms with E-state index in [9.17, 15) is 27.9 Å². The summed E-state index contributed by atoms with van der Waals surface area (Å²) in [5, 5.41) is 14.9. The van der Waals surface area contributed by atoms with E-state index in [0.717, 1.165) is 18.2 Å². The first-order chi connectivity index (χ1) is 25.1. The fourth-order valence-corrected chi connectivity index (χ4v) is 6.20. The van der Waals surface area contributed by atoms with E-state index in [1.807, 2.05) is 13.8 Å². The largest absolute Gasteiger partial charge is 0.480 e. The van der Waals surface area contributed by atoms with Gasteiger partial charge in [0.15, 0.2) is 0 Å². The molecular weight excluding hydrogens is 705 g/mol. The molecule has 2 heterocycles. The summed E-state index contributed by atoms with van der Waals surface area (Å²) in [7, 11) is 0. The molecule has 0 aliphatic rings. The Morgan fingerprint density at radius 2 is 1.51 bits per heavy atom. The highest BCUT2D eigenvalue weighted by atomic mass is 19.4. The number of alkyl halides is 5. The van der Waals surface area contributed by atoms with Crippen LogP contribution in [0.3, 0.4) is 0 Å². The Labute approximate surface area is 301 Å². The number of fused-ring (bicyclic) bond motifs is 2. The van der Waals surface area contributed by atoms with Crippen LogP contribution >= 0.6 is 0 Å². The minimum absolute atomic E-state index is 0.0131. The number of hydrogen-bond donors (Lipinski definition) is 3. The molecule has 5 aromatic rings. The number of anilines is 1. The van der Waals surface area contributed by atoms with E-state index in [0.29, 0.717) is 10.9 Å². The number of hydrogen-bond acceptors (Lipinski definition) is 5. The highest BCUT2D eigenvalue weighted by molar-refractivity contribution is 6.05. The molecule has 3 N–H and O–H groups in total. The molecule has 0 saturated carbocycles. The van der Waals surface area contributed by atoms with Crippen LogP contribution in [-0.2, 0) is 17.1 Å². The fraction of sp³-hybridized carbons (Fsp3) is 0.333. The predicted molar refractivity (Wildman–Crippen MR) is 190 cm³/mol. The van der Waals surface area contributed by atoms with Crippen molar-refractivity contribution in [3.8, 4) is 11.1 Å². The number of halogens is 7. The van der Waals surface area contributed by atoms with Crippen molar-refractivity contribution in [3.05, 3.63) is 101 Å². The van der Waals surface area contributed by atoms with Gasteiger partial charge in [-0.2, -0.15) is 13.2 Å². The number of carbonyl (C=O) groups excluding carboxylic acids is 1. The number of benzene rings is 3. The van der Waals surface area contributed by atoms with Crippen molar-refractivity contribution in [2.75, 3.05) is 5.32 Å². The highest BCUT2D eigenvalue weighted by Gasteiger charge is 2.39. The molecule has 0 fully saturated rings. The lowest BCUT2D eigenvalue weighted by molar-refractivity contribution is -0.143. The molecule has 7 nitrogen and oxygen atoms in total. The second kappa shape index (κ2) is 16.6. The average molecular weight is 745 g/mol. The van der Waals surface area contributed by atoms with E-state index in [1.54, 1.807) is 19.1 Å². The third-order valence-corrected chi connectivity index (χ3v) is 8.62. The number of aromatic nitrogens is 2. The zero-order valence-corrected chi connectivity index (χ0v) is 29.6. The number of carboxylic acids is 1. The maximum Gasteiger partial charge on any atom is 0.408 e. The zero-order valence-electron chi connectivity index (χ0n) is 29.6. The number of amides is 1. The molecule has 0 bridgehead atoms. The molecule has 53 heavy (non-hydrogen) atoms. The Bertz CT molecular complexity index is 2100. The SMILES string of the molecule is CC.CCCC(F)(F)c1cc(F)c2cccnc2c1-c1ccc(C[C@H](NC(=O)c2c(C)cc(N[C@H](CC)C(F)(F)F)cc2F)C(=O)O)c2cccnc12. The van der Waals surface area contributed by atoms with Gasteiger partial charge in [0.25, 0.3) is 11.8 Å². The van der Waals surface area contributed by atoms with Gasteiger partial charge in [0.2, 0.25) is 0 Å². The number of nitrogens with one attached hydrogen (secondary N) is 2. The van der Waals surface area contributed by atoms with E-state index in [1.165, 1.54) is 50.5 Å². The van der Waals surface area contributed by atoms with Gasteiger partial charge in [0.1, 0.15) is 23.7 Å². The maximum atomic E-state index is 15.6. The number of rotatable bonds is 12. The number of aryl methyl sites for hydroxylation is 1. The molecule has 14 heteroatoms. The van der Waals surface area contributed by atoms with Gasteiger partial charge in [-0.3, -0.25) is 14.8 Å². The summed E-state index contributed by atoms with van der Waals surface area (Å²) in [6.45, 7) is 8.19. The molecule has 2 aromatic heterocycles. The fourth-order valence-electron chi connectivity index (χ4n) is 6.20. The first-order valence-electron chi connectivity index (χ1n) is 17.1. The standard InChI is InChI=1S/C37H33F7N4O3.C2H6/c1-4-12-36(40,41)25-18-26(38)23-9-7-14-46-33(23)31(25)24-11-10-20(22-8-6-13-45-32(22)24)16-28(35(50)51)48-34(49)30-19(3)15-21(17-27(30)39)47-29(5-2)37(42,43)44;1-2/h6-11,13-15,17-18,28-29,47H,4-5,12,16H2,1-3H3,(H,48,49)(H,50,51);1-2H3/t28-,29+;/m0./s1. The van der Waals surface area contributed by atoms with Crippen LogP contribution in [0, 0.1) is 18.6 Å². The Morgan fingerprint density at radius 1 is 0.868 bits per heavy atom. The molecule has 1 amide bonds. The van der Waals surface area contributed by atoms with Gasteiger partial charge in [0.05, 0.1) is 16.6 Å². The third-order valence-electron chi connectivity index (χ3n) is 8.62. The van der Waals surface area contributed by atoms with Gasteiger partial charge in [-0.15, -0.1) is 0 Å². The summed E-state index contributed by atoms with van der Waals surface area (Å²) in [5.74, 6) is -8.06. The zero-order chi connectivity index (χ0) is 39.2. The monoisotopic (exact) mass is 744 g/mol. The number of aliphatic carboxylic acids is 1. The Balaban J connectivity index is 0.00000308. The molecule has 0 unspecified atom stereocenters. The molecule has 5 rings (SSSR count). The molecular formula is C39H39F7N4O3. The number of carbonyl (C=O) groups is 2. The van der Waals surface area contributed by atoms with E-state index in [-0.39, 0.29) is 58.1 Å². The molecule has 0 aliphatic carbocycles. The average Bonchev–Trinajstić information content (AvgIpc) is 3.10. The Hall–Kier alpha value is -5.27. The van der Waals surface area contributed by atoms with E-state index >= 15 is 17.6 Å². The van der Waals surface area contributed by atoms with Crippen LogP contribution in [0.1, 0.15) is 74.0 Å². The van der Waals surface area contributed by atoms with Gasteiger partial charge in [0, 0.05) is 58.4 Å². The number of pyridine rings is 2. The predicted octanol–water partition coefficient (Wildman–Crippen LogP) is 10.1.